The number of rotatable bonds is 3. The molecule has 3 heteroatoms. The molecule has 0 aromatic rings. The third-order valence-corrected chi connectivity index (χ3v) is 3.44. The monoisotopic (exact) mass is 195 g/mol. The fraction of sp³-hybridized carbons (Fsp3) is 0.818. The van der Waals surface area contributed by atoms with Crippen molar-refractivity contribution in [2.24, 2.45) is 17.8 Å². The van der Waals surface area contributed by atoms with Crippen molar-refractivity contribution in [2.45, 2.75) is 26.7 Å². The van der Waals surface area contributed by atoms with Crippen LogP contribution in [0.15, 0.2) is 0 Å². The predicted octanol–water partition coefficient (Wildman–Crippen LogP) is 1.08. The lowest BCUT2D eigenvalue weighted by atomic mass is 10.0. The van der Waals surface area contributed by atoms with E-state index in [1.54, 1.807) is 4.90 Å². The van der Waals surface area contributed by atoms with Gasteiger partial charge in [-0.25, -0.2) is 0 Å². The average molecular weight is 195 g/mol. The first-order chi connectivity index (χ1) is 6.59. The molecule has 1 saturated carbocycles. The third kappa shape index (κ3) is 1.68. The highest BCUT2D eigenvalue weighted by Gasteiger charge is 2.37. The maximum atomic E-state index is 11.7. The number of amides is 1. The SMILES string of the molecule is CC1CN(CC(=O)C2CC2)C(=O)C1C. The highest BCUT2D eigenvalue weighted by atomic mass is 16.2. The van der Waals surface area contributed by atoms with E-state index in [4.69, 9.17) is 0 Å². The van der Waals surface area contributed by atoms with E-state index >= 15 is 0 Å². The van der Waals surface area contributed by atoms with Crippen LogP contribution in [-0.2, 0) is 9.59 Å². The van der Waals surface area contributed by atoms with E-state index in [-0.39, 0.29) is 23.5 Å². The molecule has 3 nitrogen and oxygen atoms in total. The largest absolute Gasteiger partial charge is 0.335 e. The Morgan fingerprint density at radius 1 is 1.43 bits per heavy atom. The van der Waals surface area contributed by atoms with Crippen molar-refractivity contribution in [1.82, 2.24) is 4.90 Å². The quantitative estimate of drug-likeness (QED) is 0.675. The second kappa shape index (κ2) is 3.37. The van der Waals surface area contributed by atoms with E-state index in [1.807, 2.05) is 6.92 Å². The van der Waals surface area contributed by atoms with Gasteiger partial charge in [0.2, 0.25) is 5.91 Å². The first-order valence-electron chi connectivity index (χ1n) is 5.41. The lowest BCUT2D eigenvalue weighted by molar-refractivity contribution is -0.134. The van der Waals surface area contributed by atoms with Gasteiger partial charge in [-0.15, -0.1) is 0 Å². The maximum absolute atomic E-state index is 11.7. The highest BCUT2D eigenvalue weighted by molar-refractivity contribution is 5.90. The fourth-order valence-electron chi connectivity index (χ4n) is 1.99. The summed E-state index contributed by atoms with van der Waals surface area (Å²) >= 11 is 0. The molecule has 14 heavy (non-hydrogen) atoms. The number of likely N-dealkylation sites (tertiary alicyclic amines) is 1. The number of hydrogen-bond donors (Lipinski definition) is 0. The van der Waals surface area contributed by atoms with E-state index in [9.17, 15) is 9.59 Å². The Labute approximate surface area is 84.5 Å². The molecule has 1 aliphatic heterocycles. The molecule has 0 aromatic carbocycles. The minimum Gasteiger partial charge on any atom is -0.335 e. The first kappa shape index (κ1) is 9.69. The van der Waals surface area contributed by atoms with Crippen LogP contribution in [0.25, 0.3) is 0 Å². The molecule has 0 spiro atoms. The standard InChI is InChI=1S/C11H17NO2/c1-7-5-12(11(14)8(7)2)6-10(13)9-3-4-9/h7-9H,3-6H2,1-2H3. The molecule has 0 aromatic heterocycles. The summed E-state index contributed by atoms with van der Waals surface area (Å²) in [7, 11) is 0. The summed E-state index contributed by atoms with van der Waals surface area (Å²) in [5.41, 5.74) is 0. The van der Waals surface area contributed by atoms with E-state index in [1.165, 1.54) is 0 Å². The summed E-state index contributed by atoms with van der Waals surface area (Å²) in [6, 6.07) is 0. The molecule has 0 radical (unpaired) electrons. The highest BCUT2D eigenvalue weighted by Crippen LogP contribution is 2.31. The molecule has 0 bridgehead atoms. The van der Waals surface area contributed by atoms with Gasteiger partial charge in [-0.05, 0) is 18.8 Å². The van der Waals surface area contributed by atoms with Crippen LogP contribution < -0.4 is 0 Å². The zero-order chi connectivity index (χ0) is 10.3. The lowest BCUT2D eigenvalue weighted by Crippen LogP contribution is -2.32. The van der Waals surface area contributed by atoms with Crippen LogP contribution in [0.1, 0.15) is 26.7 Å². The van der Waals surface area contributed by atoms with Crippen LogP contribution >= 0.6 is 0 Å². The molecule has 2 rings (SSSR count). The van der Waals surface area contributed by atoms with Gasteiger partial charge in [0.15, 0.2) is 5.78 Å². The molecule has 2 fully saturated rings. The van der Waals surface area contributed by atoms with Crippen LogP contribution in [0.2, 0.25) is 0 Å². The second-order valence-electron chi connectivity index (χ2n) is 4.73. The fourth-order valence-corrected chi connectivity index (χ4v) is 1.99. The summed E-state index contributed by atoms with van der Waals surface area (Å²) in [5.74, 6) is 1.19. The predicted molar refractivity (Wildman–Crippen MR) is 52.6 cm³/mol. The Balaban J connectivity index is 1.92. The van der Waals surface area contributed by atoms with Gasteiger partial charge in [0, 0.05) is 18.4 Å². The molecule has 2 unspecified atom stereocenters. The molecule has 1 heterocycles. The zero-order valence-corrected chi connectivity index (χ0v) is 8.82. The molecular weight excluding hydrogens is 178 g/mol. The maximum Gasteiger partial charge on any atom is 0.226 e. The van der Waals surface area contributed by atoms with Crippen molar-refractivity contribution in [3.05, 3.63) is 0 Å². The Bertz CT molecular complexity index is 270. The van der Waals surface area contributed by atoms with Crippen LogP contribution in [0.3, 0.4) is 0 Å². The van der Waals surface area contributed by atoms with E-state index in [2.05, 4.69) is 6.92 Å². The van der Waals surface area contributed by atoms with E-state index in [0.29, 0.717) is 12.5 Å². The van der Waals surface area contributed by atoms with Crippen molar-refractivity contribution in [3.63, 3.8) is 0 Å². The Morgan fingerprint density at radius 2 is 2.07 bits per heavy atom. The van der Waals surface area contributed by atoms with Gasteiger partial charge in [0.25, 0.3) is 0 Å². The Morgan fingerprint density at radius 3 is 2.50 bits per heavy atom. The number of hydrogen-bond acceptors (Lipinski definition) is 2. The lowest BCUT2D eigenvalue weighted by Gasteiger charge is -2.14. The molecule has 2 aliphatic rings. The van der Waals surface area contributed by atoms with Gasteiger partial charge >= 0.3 is 0 Å². The van der Waals surface area contributed by atoms with Gasteiger partial charge in [-0.2, -0.15) is 0 Å². The van der Waals surface area contributed by atoms with Gasteiger partial charge in [0.1, 0.15) is 0 Å². The molecule has 1 amide bonds. The summed E-state index contributed by atoms with van der Waals surface area (Å²) in [5, 5.41) is 0. The van der Waals surface area contributed by atoms with Gasteiger partial charge in [0.05, 0.1) is 6.54 Å². The molecular formula is C11H17NO2. The van der Waals surface area contributed by atoms with Gasteiger partial charge in [-0.3, -0.25) is 9.59 Å². The third-order valence-electron chi connectivity index (χ3n) is 3.44. The minimum absolute atomic E-state index is 0.0991. The van der Waals surface area contributed by atoms with Crippen LogP contribution in [-0.4, -0.2) is 29.7 Å². The first-order valence-corrected chi connectivity index (χ1v) is 5.41. The molecule has 0 N–H and O–H groups in total. The number of carbonyl (C=O) groups excluding carboxylic acids is 2. The Hall–Kier alpha value is -0.860. The van der Waals surface area contributed by atoms with Gasteiger partial charge < -0.3 is 4.90 Å². The summed E-state index contributed by atoms with van der Waals surface area (Å²) in [6.45, 7) is 5.15. The minimum atomic E-state index is 0.0991. The topological polar surface area (TPSA) is 37.4 Å². The van der Waals surface area contributed by atoms with Gasteiger partial charge in [-0.1, -0.05) is 13.8 Å². The molecule has 1 aliphatic carbocycles. The number of carbonyl (C=O) groups is 2. The average Bonchev–Trinajstić information content (AvgIpc) is 2.93. The number of nitrogens with zero attached hydrogens (tertiary/aromatic N) is 1. The molecule has 78 valence electrons. The van der Waals surface area contributed by atoms with Crippen LogP contribution in [0.5, 0.6) is 0 Å². The van der Waals surface area contributed by atoms with Crippen molar-refractivity contribution >= 4 is 11.7 Å². The van der Waals surface area contributed by atoms with Crippen molar-refractivity contribution < 1.29 is 9.59 Å². The van der Waals surface area contributed by atoms with Crippen molar-refractivity contribution in [2.75, 3.05) is 13.1 Å². The van der Waals surface area contributed by atoms with E-state index < -0.39 is 0 Å². The summed E-state index contributed by atoms with van der Waals surface area (Å²) < 4.78 is 0. The summed E-state index contributed by atoms with van der Waals surface area (Å²) in [4.78, 5) is 24.9. The molecule has 2 atom stereocenters. The number of Topliss-reactive ketones (excluding diaryl/α,β-unsaturated/α-hetero) is 1. The Kier molecular flexibility index (Phi) is 2.33. The smallest absolute Gasteiger partial charge is 0.226 e. The van der Waals surface area contributed by atoms with Crippen LogP contribution in [0, 0.1) is 17.8 Å². The van der Waals surface area contributed by atoms with Crippen molar-refractivity contribution in [1.29, 1.82) is 0 Å². The zero-order valence-electron chi connectivity index (χ0n) is 8.82. The summed E-state index contributed by atoms with van der Waals surface area (Å²) in [6.07, 6.45) is 2.07. The van der Waals surface area contributed by atoms with Crippen LogP contribution in [0.4, 0.5) is 0 Å². The second-order valence-corrected chi connectivity index (χ2v) is 4.73. The number of ketones is 1. The molecule has 1 saturated heterocycles. The van der Waals surface area contributed by atoms with Crippen molar-refractivity contribution in [3.8, 4) is 0 Å². The van der Waals surface area contributed by atoms with E-state index in [0.717, 1.165) is 19.4 Å². The normalized spacial score (nSPS) is 32.4.